The molecule has 7 heteroatoms. The first-order valence-electron chi connectivity index (χ1n) is 8.71. The van der Waals surface area contributed by atoms with Gasteiger partial charge in [-0.3, -0.25) is 9.59 Å². The summed E-state index contributed by atoms with van der Waals surface area (Å²) in [5, 5.41) is 14.6. The molecule has 0 aliphatic carbocycles. The van der Waals surface area contributed by atoms with Gasteiger partial charge in [-0.15, -0.1) is 0 Å². The molecule has 0 atom stereocenters. The first kappa shape index (κ1) is 21.0. The zero-order chi connectivity index (χ0) is 20.9. The van der Waals surface area contributed by atoms with Crippen LogP contribution in [0, 0.1) is 5.41 Å². The third-order valence-corrected chi connectivity index (χ3v) is 3.89. The number of hydrogen-bond acceptors (Lipinski definition) is 4. The van der Waals surface area contributed by atoms with Gasteiger partial charge < -0.3 is 20.5 Å². The van der Waals surface area contributed by atoms with Crippen molar-refractivity contribution in [2.45, 2.75) is 20.8 Å². The molecule has 0 heterocycles. The Kier molecular flexibility index (Phi) is 6.41. The predicted octanol–water partition coefficient (Wildman–Crippen LogP) is 3.42. The summed E-state index contributed by atoms with van der Waals surface area (Å²) in [4.78, 5) is 35.7. The van der Waals surface area contributed by atoms with Gasteiger partial charge in [-0.1, -0.05) is 20.8 Å². The van der Waals surface area contributed by atoms with Crippen LogP contribution in [0.25, 0.3) is 0 Å². The number of hydrogen-bond donors (Lipinski definition) is 3. The molecule has 0 saturated carbocycles. The first-order chi connectivity index (χ1) is 13.1. The fourth-order valence-electron chi connectivity index (χ4n) is 2.34. The number of carbonyl (C=O) groups is 3. The van der Waals surface area contributed by atoms with Crippen LogP contribution >= 0.6 is 0 Å². The minimum atomic E-state index is -1.09. The largest absolute Gasteiger partial charge is 0.495 e. The standard InChI is InChI=1S/C21H24N2O5/c1-21(2,3)12-22-18(24)13-5-7-14(8-6-13)19(25)23-16-10-9-15(20(26)27)11-17(16)28-4/h5-11H,12H2,1-4H3,(H,22,24)(H,23,25)(H,26,27). The van der Waals surface area contributed by atoms with Gasteiger partial charge in [0.15, 0.2) is 0 Å². The Bertz CT molecular complexity index is 883. The highest BCUT2D eigenvalue weighted by atomic mass is 16.5. The fraction of sp³-hybridized carbons (Fsp3) is 0.286. The summed E-state index contributed by atoms with van der Waals surface area (Å²) in [7, 11) is 1.39. The summed E-state index contributed by atoms with van der Waals surface area (Å²) in [6.07, 6.45) is 0. The van der Waals surface area contributed by atoms with Gasteiger partial charge in [0.05, 0.1) is 18.4 Å². The number of aromatic carboxylic acids is 1. The maximum Gasteiger partial charge on any atom is 0.335 e. The van der Waals surface area contributed by atoms with E-state index >= 15 is 0 Å². The number of nitrogens with one attached hydrogen (secondary N) is 2. The lowest BCUT2D eigenvalue weighted by atomic mass is 9.97. The lowest BCUT2D eigenvalue weighted by molar-refractivity contribution is 0.0696. The third-order valence-electron chi connectivity index (χ3n) is 3.89. The van der Waals surface area contributed by atoms with Gasteiger partial charge in [0.2, 0.25) is 0 Å². The predicted molar refractivity (Wildman–Crippen MR) is 106 cm³/mol. The average Bonchev–Trinajstić information content (AvgIpc) is 2.65. The molecule has 0 bridgehead atoms. The van der Waals surface area contributed by atoms with Gasteiger partial charge in [0.25, 0.3) is 11.8 Å². The van der Waals surface area contributed by atoms with Crippen LogP contribution in [-0.2, 0) is 0 Å². The van der Waals surface area contributed by atoms with Gasteiger partial charge in [0.1, 0.15) is 5.75 Å². The molecule has 0 spiro atoms. The smallest absolute Gasteiger partial charge is 0.335 e. The van der Waals surface area contributed by atoms with Crippen molar-refractivity contribution in [1.29, 1.82) is 0 Å². The van der Waals surface area contributed by atoms with Crippen molar-refractivity contribution in [2.75, 3.05) is 19.0 Å². The molecule has 2 rings (SSSR count). The van der Waals surface area contributed by atoms with E-state index in [0.717, 1.165) is 0 Å². The Labute approximate surface area is 163 Å². The van der Waals surface area contributed by atoms with Gasteiger partial charge in [-0.25, -0.2) is 4.79 Å². The summed E-state index contributed by atoms with van der Waals surface area (Å²) >= 11 is 0. The number of carbonyl (C=O) groups excluding carboxylic acids is 2. The molecule has 0 aromatic heterocycles. The second-order valence-electron chi connectivity index (χ2n) is 7.50. The van der Waals surface area contributed by atoms with Crippen LogP contribution < -0.4 is 15.4 Å². The summed E-state index contributed by atoms with van der Waals surface area (Å²) < 4.78 is 5.15. The van der Waals surface area contributed by atoms with Crippen LogP contribution in [0.5, 0.6) is 5.75 Å². The number of carboxylic acid groups (broad SMARTS) is 1. The number of carboxylic acids is 1. The second kappa shape index (κ2) is 8.56. The average molecular weight is 384 g/mol. The van der Waals surface area contributed by atoms with Crippen molar-refractivity contribution in [1.82, 2.24) is 5.32 Å². The van der Waals surface area contributed by atoms with Crippen LogP contribution in [0.2, 0.25) is 0 Å². The number of rotatable bonds is 6. The Morgan fingerprint density at radius 2 is 1.46 bits per heavy atom. The maximum atomic E-state index is 12.5. The highest BCUT2D eigenvalue weighted by Gasteiger charge is 2.15. The van der Waals surface area contributed by atoms with E-state index in [1.165, 1.54) is 25.3 Å². The van der Waals surface area contributed by atoms with E-state index in [-0.39, 0.29) is 22.6 Å². The normalized spacial score (nSPS) is 10.9. The van der Waals surface area contributed by atoms with E-state index in [1.54, 1.807) is 24.3 Å². The molecular formula is C21H24N2O5. The van der Waals surface area contributed by atoms with Crippen LogP contribution in [0.15, 0.2) is 42.5 Å². The highest BCUT2D eigenvalue weighted by Crippen LogP contribution is 2.26. The number of benzene rings is 2. The molecule has 0 aliphatic rings. The van der Waals surface area contributed by atoms with Crippen LogP contribution in [0.4, 0.5) is 5.69 Å². The third kappa shape index (κ3) is 5.57. The molecule has 2 aromatic carbocycles. The van der Waals surface area contributed by atoms with Crippen molar-refractivity contribution in [3.63, 3.8) is 0 Å². The zero-order valence-electron chi connectivity index (χ0n) is 16.3. The van der Waals surface area contributed by atoms with Crippen LogP contribution in [0.3, 0.4) is 0 Å². The molecule has 0 fully saturated rings. The van der Waals surface area contributed by atoms with Crippen molar-refractivity contribution in [3.8, 4) is 5.75 Å². The first-order valence-corrected chi connectivity index (χ1v) is 8.71. The summed E-state index contributed by atoms with van der Waals surface area (Å²) in [5.41, 5.74) is 1.20. The molecule has 0 aliphatic heterocycles. The van der Waals surface area contributed by atoms with E-state index < -0.39 is 11.9 Å². The lowest BCUT2D eigenvalue weighted by Gasteiger charge is -2.18. The molecule has 0 saturated heterocycles. The van der Waals surface area contributed by atoms with Gasteiger partial charge >= 0.3 is 5.97 Å². The Hall–Kier alpha value is -3.35. The number of ether oxygens (including phenoxy) is 1. The van der Waals surface area contributed by atoms with E-state index in [2.05, 4.69) is 10.6 Å². The van der Waals surface area contributed by atoms with Crippen molar-refractivity contribution in [3.05, 3.63) is 59.2 Å². The van der Waals surface area contributed by atoms with Crippen LogP contribution in [-0.4, -0.2) is 36.5 Å². The van der Waals surface area contributed by atoms with Gasteiger partial charge in [-0.05, 0) is 47.9 Å². The lowest BCUT2D eigenvalue weighted by Crippen LogP contribution is -2.32. The monoisotopic (exact) mass is 384 g/mol. The summed E-state index contributed by atoms with van der Waals surface area (Å²) in [6.45, 7) is 6.62. The quantitative estimate of drug-likeness (QED) is 0.708. The zero-order valence-corrected chi connectivity index (χ0v) is 16.3. The molecule has 0 radical (unpaired) electrons. The van der Waals surface area contributed by atoms with Crippen molar-refractivity contribution >= 4 is 23.5 Å². The van der Waals surface area contributed by atoms with E-state index in [4.69, 9.17) is 9.84 Å². The maximum absolute atomic E-state index is 12.5. The second-order valence-corrected chi connectivity index (χ2v) is 7.50. The Morgan fingerprint density at radius 1 is 0.929 bits per heavy atom. The molecule has 2 amide bonds. The van der Waals surface area contributed by atoms with Gasteiger partial charge in [-0.2, -0.15) is 0 Å². The highest BCUT2D eigenvalue weighted by molar-refractivity contribution is 6.06. The molecule has 7 nitrogen and oxygen atoms in total. The molecule has 28 heavy (non-hydrogen) atoms. The molecule has 3 N–H and O–H groups in total. The van der Waals surface area contributed by atoms with Crippen molar-refractivity contribution < 1.29 is 24.2 Å². The minimum Gasteiger partial charge on any atom is -0.495 e. The molecule has 2 aromatic rings. The minimum absolute atomic E-state index is 0.0231. The molecule has 148 valence electrons. The summed E-state index contributed by atoms with van der Waals surface area (Å²) in [5.74, 6) is -1.45. The van der Waals surface area contributed by atoms with E-state index in [9.17, 15) is 14.4 Å². The molecular weight excluding hydrogens is 360 g/mol. The SMILES string of the molecule is COc1cc(C(=O)O)ccc1NC(=O)c1ccc(C(=O)NCC(C)(C)C)cc1. The van der Waals surface area contributed by atoms with Gasteiger partial charge in [0, 0.05) is 17.7 Å². The summed E-state index contributed by atoms with van der Waals surface area (Å²) in [6, 6.07) is 10.5. The number of anilines is 1. The molecule has 0 unspecified atom stereocenters. The Balaban J connectivity index is 2.09. The number of methoxy groups -OCH3 is 1. The Morgan fingerprint density at radius 3 is 1.96 bits per heavy atom. The number of amides is 2. The van der Waals surface area contributed by atoms with E-state index in [0.29, 0.717) is 23.4 Å². The fourth-order valence-corrected chi connectivity index (χ4v) is 2.34. The topological polar surface area (TPSA) is 105 Å². The van der Waals surface area contributed by atoms with Crippen LogP contribution in [0.1, 0.15) is 51.8 Å². The van der Waals surface area contributed by atoms with E-state index in [1.807, 2.05) is 20.8 Å². The van der Waals surface area contributed by atoms with Crippen molar-refractivity contribution in [2.24, 2.45) is 5.41 Å².